The lowest BCUT2D eigenvalue weighted by molar-refractivity contribution is -0.135. The maximum atomic E-state index is 12.9. The van der Waals surface area contributed by atoms with Gasteiger partial charge in [0.05, 0.1) is 0 Å². The van der Waals surface area contributed by atoms with E-state index in [-0.39, 0.29) is 5.78 Å². The van der Waals surface area contributed by atoms with Crippen LogP contribution in [0.3, 0.4) is 0 Å². The fourth-order valence-electron chi connectivity index (χ4n) is 3.27. The van der Waals surface area contributed by atoms with Crippen LogP contribution in [0.15, 0.2) is 48.5 Å². The van der Waals surface area contributed by atoms with Gasteiger partial charge in [-0.1, -0.05) is 24.3 Å². The van der Waals surface area contributed by atoms with Gasteiger partial charge in [-0.2, -0.15) is 0 Å². The first-order valence-corrected chi connectivity index (χ1v) is 8.47. The fourth-order valence-corrected chi connectivity index (χ4v) is 3.27. The number of carbonyl (C=O) groups excluding carboxylic acids is 3. The molecule has 134 valence electrons. The molecule has 0 heterocycles. The molecule has 0 saturated heterocycles. The van der Waals surface area contributed by atoms with Crippen molar-refractivity contribution in [2.45, 2.75) is 11.8 Å². The number of Topliss-reactive ketones (excluding diaryl/α,β-unsaturated/α-hetero) is 3. The number of hydrogen-bond acceptors (Lipinski definition) is 5. The van der Waals surface area contributed by atoms with Gasteiger partial charge in [-0.15, -0.1) is 0 Å². The minimum Gasteiger partial charge on any atom is -0.378 e. The molecular weight excluding hydrogens is 328 g/mol. The van der Waals surface area contributed by atoms with Crippen molar-refractivity contribution < 1.29 is 14.4 Å². The van der Waals surface area contributed by atoms with E-state index >= 15 is 0 Å². The summed E-state index contributed by atoms with van der Waals surface area (Å²) in [6.45, 7) is 0. The van der Waals surface area contributed by atoms with Crippen molar-refractivity contribution in [1.82, 2.24) is 0 Å². The van der Waals surface area contributed by atoms with Crippen LogP contribution < -0.4 is 9.80 Å². The zero-order valence-corrected chi connectivity index (χ0v) is 15.4. The first kappa shape index (κ1) is 17.9. The standard InChI is InChI=1S/C21H22N2O3/c1-22(2)15-9-5-13(6-10-15)17-19(24)18(21(26)20(17)25)14-7-11-16(12-8-14)23(3)4/h5-12,17-18H,1-4H3. The van der Waals surface area contributed by atoms with E-state index in [0.717, 1.165) is 11.4 Å². The summed E-state index contributed by atoms with van der Waals surface area (Å²) in [6, 6.07) is 14.4. The summed E-state index contributed by atoms with van der Waals surface area (Å²) >= 11 is 0. The molecule has 0 radical (unpaired) electrons. The van der Waals surface area contributed by atoms with Gasteiger partial charge in [0.25, 0.3) is 0 Å². The zero-order valence-electron chi connectivity index (χ0n) is 15.4. The van der Waals surface area contributed by atoms with Crippen molar-refractivity contribution in [3.8, 4) is 0 Å². The predicted molar refractivity (Wildman–Crippen MR) is 102 cm³/mol. The number of benzene rings is 2. The number of hydrogen-bond donors (Lipinski definition) is 0. The van der Waals surface area contributed by atoms with Gasteiger partial charge in [-0.25, -0.2) is 0 Å². The molecule has 5 heteroatoms. The second-order valence-corrected chi connectivity index (χ2v) is 6.97. The molecule has 1 aliphatic carbocycles. The van der Waals surface area contributed by atoms with Gasteiger partial charge in [0.1, 0.15) is 11.8 Å². The lowest BCUT2D eigenvalue weighted by Crippen LogP contribution is -2.15. The van der Waals surface area contributed by atoms with Gasteiger partial charge >= 0.3 is 0 Å². The van der Waals surface area contributed by atoms with Crippen molar-refractivity contribution in [2.24, 2.45) is 0 Å². The van der Waals surface area contributed by atoms with E-state index in [1.807, 2.05) is 62.3 Å². The Bertz CT molecular complexity index is 780. The average molecular weight is 350 g/mol. The zero-order chi connectivity index (χ0) is 19.0. The Morgan fingerprint density at radius 2 is 0.885 bits per heavy atom. The van der Waals surface area contributed by atoms with Crippen LogP contribution in [0.25, 0.3) is 0 Å². The lowest BCUT2D eigenvalue weighted by Gasteiger charge is -2.15. The summed E-state index contributed by atoms with van der Waals surface area (Å²) < 4.78 is 0. The van der Waals surface area contributed by atoms with Crippen molar-refractivity contribution in [1.29, 1.82) is 0 Å². The Labute approximate surface area is 153 Å². The third-order valence-corrected chi connectivity index (χ3v) is 4.82. The molecule has 2 unspecified atom stereocenters. The Morgan fingerprint density at radius 1 is 0.577 bits per heavy atom. The smallest absolute Gasteiger partial charge is 0.214 e. The van der Waals surface area contributed by atoms with Gasteiger partial charge in [-0.05, 0) is 35.4 Å². The van der Waals surface area contributed by atoms with E-state index in [2.05, 4.69) is 0 Å². The summed E-state index contributed by atoms with van der Waals surface area (Å²) in [5.41, 5.74) is 3.08. The Morgan fingerprint density at radius 3 is 1.15 bits per heavy atom. The molecule has 0 N–H and O–H groups in total. The second kappa shape index (κ2) is 6.75. The van der Waals surface area contributed by atoms with Crippen LogP contribution in [0.2, 0.25) is 0 Å². The first-order chi connectivity index (χ1) is 12.3. The second-order valence-electron chi connectivity index (χ2n) is 6.97. The molecule has 3 rings (SSSR count). The third-order valence-electron chi connectivity index (χ3n) is 4.82. The van der Waals surface area contributed by atoms with Crippen molar-refractivity contribution >= 4 is 28.7 Å². The van der Waals surface area contributed by atoms with E-state index in [9.17, 15) is 14.4 Å². The molecule has 5 nitrogen and oxygen atoms in total. The molecule has 0 spiro atoms. The van der Waals surface area contributed by atoms with E-state index in [1.54, 1.807) is 24.3 Å². The number of carbonyl (C=O) groups is 3. The quantitative estimate of drug-likeness (QED) is 0.626. The molecule has 1 aliphatic rings. The highest BCUT2D eigenvalue weighted by molar-refractivity contribution is 6.54. The molecule has 1 fully saturated rings. The summed E-state index contributed by atoms with van der Waals surface area (Å²) in [7, 11) is 7.66. The van der Waals surface area contributed by atoms with E-state index < -0.39 is 23.4 Å². The van der Waals surface area contributed by atoms with Gasteiger partial charge in [0.15, 0.2) is 5.78 Å². The van der Waals surface area contributed by atoms with E-state index in [1.165, 1.54) is 0 Å². The Hall–Kier alpha value is -2.95. The molecule has 2 atom stereocenters. The van der Waals surface area contributed by atoms with Crippen LogP contribution in [0.1, 0.15) is 23.0 Å². The highest BCUT2D eigenvalue weighted by atomic mass is 16.2. The maximum absolute atomic E-state index is 12.9. The Balaban J connectivity index is 1.92. The number of nitrogens with zero attached hydrogens (tertiary/aromatic N) is 2. The first-order valence-electron chi connectivity index (χ1n) is 8.47. The molecule has 0 aliphatic heterocycles. The molecule has 0 bridgehead atoms. The van der Waals surface area contributed by atoms with Crippen LogP contribution in [0.5, 0.6) is 0 Å². The van der Waals surface area contributed by atoms with Gasteiger partial charge in [-0.3, -0.25) is 14.4 Å². The lowest BCUT2D eigenvalue weighted by atomic mass is 9.91. The monoisotopic (exact) mass is 350 g/mol. The molecule has 0 aromatic heterocycles. The van der Waals surface area contributed by atoms with Crippen LogP contribution in [0, 0.1) is 0 Å². The summed E-state index contributed by atoms with van der Waals surface area (Å²) in [5, 5.41) is 0. The fraction of sp³-hybridized carbons (Fsp3) is 0.286. The number of rotatable bonds is 4. The van der Waals surface area contributed by atoms with Crippen molar-refractivity contribution in [3.05, 3.63) is 59.7 Å². The SMILES string of the molecule is CN(C)c1ccc(C2C(=O)C(=O)C(c3ccc(N(C)C)cc3)C2=O)cc1. The largest absolute Gasteiger partial charge is 0.378 e. The van der Waals surface area contributed by atoms with Crippen LogP contribution >= 0.6 is 0 Å². The highest BCUT2D eigenvalue weighted by Gasteiger charge is 2.49. The topological polar surface area (TPSA) is 57.7 Å². The van der Waals surface area contributed by atoms with E-state index in [4.69, 9.17) is 0 Å². The van der Waals surface area contributed by atoms with Crippen LogP contribution in [-0.2, 0) is 14.4 Å². The minimum absolute atomic E-state index is 0.338. The molecule has 0 amide bonds. The molecule has 2 aromatic carbocycles. The third kappa shape index (κ3) is 3.01. The van der Waals surface area contributed by atoms with Crippen LogP contribution in [0.4, 0.5) is 11.4 Å². The maximum Gasteiger partial charge on any atom is 0.214 e. The molecule has 26 heavy (non-hydrogen) atoms. The number of ketones is 3. The van der Waals surface area contributed by atoms with Gasteiger partial charge in [0.2, 0.25) is 11.6 Å². The summed E-state index contributed by atoms with van der Waals surface area (Å²) in [5.74, 6) is -3.58. The minimum atomic E-state index is -1.00. The average Bonchev–Trinajstić information content (AvgIpc) is 2.84. The van der Waals surface area contributed by atoms with Gasteiger partial charge < -0.3 is 9.80 Å². The predicted octanol–water partition coefficient (Wildman–Crippen LogP) is 2.41. The number of anilines is 2. The Kier molecular flexibility index (Phi) is 4.64. The highest BCUT2D eigenvalue weighted by Crippen LogP contribution is 2.36. The summed E-state index contributed by atoms with van der Waals surface area (Å²) in [6.07, 6.45) is 0. The molecular formula is C21H22N2O3. The normalized spacial score (nSPS) is 19.8. The van der Waals surface area contributed by atoms with E-state index in [0.29, 0.717) is 11.1 Å². The molecule has 1 saturated carbocycles. The van der Waals surface area contributed by atoms with Crippen molar-refractivity contribution in [2.75, 3.05) is 38.0 Å². The van der Waals surface area contributed by atoms with Crippen molar-refractivity contribution in [3.63, 3.8) is 0 Å². The van der Waals surface area contributed by atoms with Crippen LogP contribution in [-0.4, -0.2) is 45.5 Å². The summed E-state index contributed by atoms with van der Waals surface area (Å²) in [4.78, 5) is 41.8. The van der Waals surface area contributed by atoms with Gasteiger partial charge in [0, 0.05) is 39.6 Å². The molecule has 2 aromatic rings.